The second kappa shape index (κ2) is 10.8. The number of rotatable bonds is 4. The molecule has 29 heavy (non-hydrogen) atoms. The van der Waals surface area contributed by atoms with Crippen LogP contribution in [0.4, 0.5) is 0 Å². The van der Waals surface area contributed by atoms with Crippen molar-refractivity contribution in [3.05, 3.63) is 29.1 Å². The number of hydrogen-bond acceptors (Lipinski definition) is 8. The normalized spacial score (nSPS) is 25.4. The van der Waals surface area contributed by atoms with Gasteiger partial charge in [-0.25, -0.2) is 0 Å². The molecule has 1 aliphatic carbocycles. The molecule has 3 rings (SSSR count). The highest BCUT2D eigenvalue weighted by Crippen LogP contribution is 2.24. The number of methoxy groups -OCH3 is 2. The zero-order valence-electron chi connectivity index (χ0n) is 16.3. The van der Waals surface area contributed by atoms with E-state index in [9.17, 15) is 5.53 Å². The van der Waals surface area contributed by atoms with Crippen molar-refractivity contribution in [2.45, 2.75) is 19.0 Å². The molecule has 2 saturated heterocycles. The molecule has 0 bridgehead atoms. The molecular weight excluding hydrogens is 408 g/mol. The molecule has 2 unspecified atom stereocenters. The second-order valence-corrected chi connectivity index (χ2v) is 7.22. The summed E-state index contributed by atoms with van der Waals surface area (Å²) in [4.78, 5) is 7.85. The lowest BCUT2D eigenvalue weighted by molar-refractivity contribution is -0.160. The molecule has 2 heterocycles. The molecule has 0 saturated carbocycles. The molecule has 3 aliphatic rings. The minimum absolute atomic E-state index is 0.221. The molecule has 0 radical (unpaired) electrons. The highest BCUT2D eigenvalue weighted by Gasteiger charge is 2.31. The van der Waals surface area contributed by atoms with Crippen LogP contribution in [0.5, 0.6) is 0 Å². The van der Waals surface area contributed by atoms with Crippen LogP contribution >= 0.6 is 0 Å². The summed E-state index contributed by atoms with van der Waals surface area (Å²) in [6.45, 7) is 4.05. The van der Waals surface area contributed by atoms with Gasteiger partial charge in [0.1, 0.15) is 5.70 Å². The maximum atomic E-state index is 9.47. The molecule has 2 fully saturated rings. The van der Waals surface area contributed by atoms with E-state index >= 15 is 0 Å². The molecule has 2 aliphatic heterocycles. The van der Waals surface area contributed by atoms with Crippen LogP contribution < -0.4 is 0 Å². The lowest BCUT2D eigenvalue weighted by Gasteiger charge is -2.37. The minimum Gasteiger partial charge on any atom is -0.367 e. The molecule has 0 aromatic carbocycles. The van der Waals surface area contributed by atoms with Gasteiger partial charge in [-0.3, -0.25) is 9.11 Å². The van der Waals surface area contributed by atoms with Crippen LogP contribution in [0.1, 0.15) is 6.42 Å². The first-order valence-corrected chi connectivity index (χ1v) is 10.3. The largest absolute Gasteiger partial charge is 0.394 e. The Morgan fingerprint density at radius 2 is 1.62 bits per heavy atom. The Morgan fingerprint density at radius 1 is 1.10 bits per heavy atom. The summed E-state index contributed by atoms with van der Waals surface area (Å²) in [7, 11) is -1.39. The fourth-order valence-corrected chi connectivity index (χ4v) is 3.19. The van der Waals surface area contributed by atoms with Gasteiger partial charge >= 0.3 is 16.1 Å². The third-order valence-electron chi connectivity index (χ3n) is 4.52. The number of ether oxygens (including phenoxy) is 4. The fraction of sp³-hybridized carbons (Fsp3) is 0.688. The molecule has 0 aromatic heterocycles. The van der Waals surface area contributed by atoms with Crippen molar-refractivity contribution < 1.29 is 41.3 Å². The average Bonchev–Trinajstić information content (AvgIpc) is 2.72. The van der Waals surface area contributed by atoms with E-state index in [1.165, 1.54) is 0 Å². The second-order valence-electron chi connectivity index (χ2n) is 6.33. The zero-order chi connectivity index (χ0) is 21.4. The van der Waals surface area contributed by atoms with Crippen LogP contribution in [0.2, 0.25) is 0 Å². The summed E-state index contributed by atoms with van der Waals surface area (Å²) in [6.07, 6.45) is 4.33. The number of allylic oxidation sites excluding steroid dienone is 2. The Balaban J connectivity index is 0.000000537. The Labute approximate surface area is 169 Å². The molecule has 2 atom stereocenters. The predicted octanol–water partition coefficient (Wildman–Crippen LogP) is -0.215. The first-order valence-electron chi connectivity index (χ1n) is 8.87. The Kier molecular flexibility index (Phi) is 8.74. The Bertz CT molecular complexity index is 770. The van der Waals surface area contributed by atoms with Crippen molar-refractivity contribution in [1.82, 2.24) is 9.80 Å². The van der Waals surface area contributed by atoms with Crippen LogP contribution in [0.15, 0.2) is 23.5 Å². The topological polar surface area (TPSA) is 154 Å². The lowest BCUT2D eigenvalue weighted by atomic mass is 10.0. The van der Waals surface area contributed by atoms with Crippen molar-refractivity contribution in [3.8, 4) is 0 Å². The van der Waals surface area contributed by atoms with Gasteiger partial charge in [0.25, 0.3) is 0 Å². The van der Waals surface area contributed by atoms with Gasteiger partial charge in [-0.05, 0) is 6.08 Å². The molecule has 0 spiro atoms. The monoisotopic (exact) mass is 434 g/mol. The number of morpholine rings is 2. The summed E-state index contributed by atoms with van der Waals surface area (Å²) in [6, 6.07) is 0. The van der Waals surface area contributed by atoms with Gasteiger partial charge < -0.3 is 34.3 Å². The Morgan fingerprint density at radius 3 is 2.14 bits per heavy atom. The van der Waals surface area contributed by atoms with Gasteiger partial charge in [-0.2, -0.15) is 13.2 Å². The van der Waals surface area contributed by atoms with Crippen LogP contribution in [-0.4, -0.2) is 104 Å². The van der Waals surface area contributed by atoms with E-state index in [4.69, 9.17) is 36.5 Å². The summed E-state index contributed by atoms with van der Waals surface area (Å²) >= 11 is 0. The van der Waals surface area contributed by atoms with Gasteiger partial charge in [-0.1, -0.05) is 0 Å². The molecular formula is C16H26N4O8S. The maximum Gasteiger partial charge on any atom is 0.394 e. The molecule has 0 amide bonds. The third kappa shape index (κ3) is 7.49. The van der Waals surface area contributed by atoms with Crippen molar-refractivity contribution >= 4 is 16.1 Å². The van der Waals surface area contributed by atoms with E-state index in [0.29, 0.717) is 32.0 Å². The van der Waals surface area contributed by atoms with E-state index in [1.54, 1.807) is 14.2 Å². The van der Waals surface area contributed by atoms with Gasteiger partial charge in [0.15, 0.2) is 12.6 Å². The fourth-order valence-electron chi connectivity index (χ4n) is 3.19. The SMILES string of the molecule is COC1CN(C2=CC(=[N+]=[N-])C(N3CCOC(OC)C3)=CC2)CCO1.O=S(=O)(O)O. The minimum atomic E-state index is -4.67. The van der Waals surface area contributed by atoms with Crippen molar-refractivity contribution in [2.24, 2.45) is 0 Å². The van der Waals surface area contributed by atoms with Crippen molar-refractivity contribution in [2.75, 3.05) is 53.6 Å². The molecule has 2 N–H and O–H groups in total. The van der Waals surface area contributed by atoms with E-state index in [-0.39, 0.29) is 12.6 Å². The third-order valence-corrected chi connectivity index (χ3v) is 4.52. The highest BCUT2D eigenvalue weighted by atomic mass is 32.3. The van der Waals surface area contributed by atoms with E-state index in [0.717, 1.165) is 30.9 Å². The quantitative estimate of drug-likeness (QED) is 0.345. The van der Waals surface area contributed by atoms with Crippen molar-refractivity contribution in [1.29, 1.82) is 0 Å². The van der Waals surface area contributed by atoms with Gasteiger partial charge in [-0.15, -0.1) is 0 Å². The smallest absolute Gasteiger partial charge is 0.367 e. The van der Waals surface area contributed by atoms with Crippen LogP contribution in [0.3, 0.4) is 0 Å². The van der Waals surface area contributed by atoms with E-state index < -0.39 is 10.4 Å². The molecule has 0 aromatic rings. The molecule has 12 nitrogen and oxygen atoms in total. The van der Waals surface area contributed by atoms with Crippen LogP contribution in [0.25, 0.3) is 5.53 Å². The van der Waals surface area contributed by atoms with Crippen molar-refractivity contribution in [3.63, 3.8) is 0 Å². The summed E-state index contributed by atoms with van der Waals surface area (Å²) in [5, 5.41) is 0. The Hall–Kier alpha value is -1.83. The number of hydrogen-bond donors (Lipinski definition) is 2. The predicted molar refractivity (Wildman–Crippen MR) is 100 cm³/mol. The van der Waals surface area contributed by atoms with Gasteiger partial charge in [0.2, 0.25) is 0 Å². The van der Waals surface area contributed by atoms with Crippen LogP contribution in [0, 0.1) is 0 Å². The van der Waals surface area contributed by atoms with E-state index in [2.05, 4.69) is 20.7 Å². The lowest BCUT2D eigenvalue weighted by Crippen LogP contribution is -2.45. The standard InChI is InChI=1S/C16H24N4O4.H2O4S/c1-21-15-10-19(5-7-23-15)12-3-4-14(13(9-12)18-17)20-6-8-24-16(11-20)22-2;1-5(2,3)4/h4,9,15-16H,3,5-8,10-11H2,1-2H3;(H2,1,2,3,4). The summed E-state index contributed by atoms with van der Waals surface area (Å²) in [5.41, 5.74) is 12.1. The molecule has 13 heteroatoms. The molecule has 164 valence electrons. The summed E-state index contributed by atoms with van der Waals surface area (Å²) in [5.74, 6) is 0. The van der Waals surface area contributed by atoms with Gasteiger partial charge in [0, 0.05) is 45.5 Å². The maximum absolute atomic E-state index is 9.47. The average molecular weight is 434 g/mol. The van der Waals surface area contributed by atoms with E-state index in [1.807, 2.05) is 6.08 Å². The van der Waals surface area contributed by atoms with Gasteiger partial charge in [0.05, 0.1) is 26.3 Å². The first-order chi connectivity index (χ1) is 13.7. The first kappa shape index (κ1) is 23.4. The number of nitrogens with zero attached hydrogens (tertiary/aromatic N) is 4. The van der Waals surface area contributed by atoms with Crippen LogP contribution in [-0.2, 0) is 29.3 Å². The summed E-state index contributed by atoms with van der Waals surface area (Å²) < 4.78 is 53.2. The highest BCUT2D eigenvalue weighted by molar-refractivity contribution is 7.79. The zero-order valence-corrected chi connectivity index (χ0v) is 17.1.